The smallest absolute Gasteiger partial charge is 0.361 e. The molecule has 0 aliphatic rings. The third-order valence-corrected chi connectivity index (χ3v) is 8.85. The lowest BCUT2D eigenvalue weighted by Crippen LogP contribution is -2.45. The van der Waals surface area contributed by atoms with Gasteiger partial charge in [0, 0.05) is 32.5 Å². The fourth-order valence-electron chi connectivity index (χ4n) is 4.06. The second-order valence-electron chi connectivity index (χ2n) is 8.79. The van der Waals surface area contributed by atoms with Crippen LogP contribution in [0.2, 0.25) is 0 Å². The Kier molecular flexibility index (Phi) is 7.82. The predicted octanol–water partition coefficient (Wildman–Crippen LogP) is 6.60. The SMILES string of the molecule is O=C(Nc1nc(-c2ccc(C(F)(F)F)cc2)cs1)[C@H](Cc1c[nH]c2ccccc12)NS(=O)(=O)c1ccc(Br)cc1. The van der Waals surface area contributed by atoms with E-state index in [4.69, 9.17) is 0 Å². The summed E-state index contributed by atoms with van der Waals surface area (Å²) in [4.78, 5) is 20.9. The normalized spacial score (nSPS) is 12.9. The largest absolute Gasteiger partial charge is 0.416 e. The van der Waals surface area contributed by atoms with Crippen molar-refractivity contribution in [3.8, 4) is 11.3 Å². The van der Waals surface area contributed by atoms with Crippen molar-refractivity contribution in [2.75, 3.05) is 5.32 Å². The van der Waals surface area contributed by atoms with Crippen molar-refractivity contribution in [1.82, 2.24) is 14.7 Å². The lowest BCUT2D eigenvalue weighted by atomic mass is 10.1. The number of aromatic nitrogens is 2. The Morgan fingerprint density at radius 3 is 2.42 bits per heavy atom. The molecule has 5 rings (SSSR count). The topological polar surface area (TPSA) is 104 Å². The number of hydrogen-bond donors (Lipinski definition) is 3. The summed E-state index contributed by atoms with van der Waals surface area (Å²) in [5.41, 5.74) is 1.61. The Hall–Kier alpha value is -3.52. The van der Waals surface area contributed by atoms with Crippen LogP contribution in [-0.4, -0.2) is 30.3 Å². The zero-order valence-electron chi connectivity index (χ0n) is 20.4. The molecule has 0 aliphatic carbocycles. The lowest BCUT2D eigenvalue weighted by molar-refractivity contribution is -0.137. The number of hydrogen-bond acceptors (Lipinski definition) is 5. The number of para-hydroxylation sites is 1. The van der Waals surface area contributed by atoms with Gasteiger partial charge in [-0.15, -0.1) is 11.3 Å². The fraction of sp³-hybridized carbons (Fsp3) is 0.111. The second kappa shape index (κ2) is 11.2. The summed E-state index contributed by atoms with van der Waals surface area (Å²) in [6.07, 6.45) is -2.68. The van der Waals surface area contributed by atoms with Crippen molar-refractivity contribution in [3.05, 3.63) is 100.0 Å². The van der Waals surface area contributed by atoms with Crippen molar-refractivity contribution >= 4 is 59.2 Å². The first kappa shape index (κ1) is 28.0. The minimum atomic E-state index is -4.46. The van der Waals surface area contributed by atoms with Crippen molar-refractivity contribution in [2.24, 2.45) is 0 Å². The van der Waals surface area contributed by atoms with E-state index in [1.165, 1.54) is 24.3 Å². The molecule has 5 aromatic rings. The van der Waals surface area contributed by atoms with E-state index in [0.717, 1.165) is 39.9 Å². The van der Waals surface area contributed by atoms with Crippen molar-refractivity contribution in [2.45, 2.75) is 23.5 Å². The summed E-state index contributed by atoms with van der Waals surface area (Å²) in [5.74, 6) is -0.640. The van der Waals surface area contributed by atoms with Crippen LogP contribution in [-0.2, 0) is 27.4 Å². The van der Waals surface area contributed by atoms with Crippen LogP contribution in [0.1, 0.15) is 11.1 Å². The van der Waals surface area contributed by atoms with E-state index < -0.39 is 33.7 Å². The maximum Gasteiger partial charge on any atom is 0.416 e. The van der Waals surface area contributed by atoms with Gasteiger partial charge in [0.25, 0.3) is 0 Å². The third kappa shape index (κ3) is 6.28. The highest BCUT2D eigenvalue weighted by Crippen LogP contribution is 2.32. The van der Waals surface area contributed by atoms with E-state index in [0.29, 0.717) is 15.7 Å². The van der Waals surface area contributed by atoms with Gasteiger partial charge in [-0.1, -0.05) is 46.3 Å². The minimum absolute atomic E-state index is 0.00809. The van der Waals surface area contributed by atoms with Crippen LogP contribution in [0.25, 0.3) is 22.2 Å². The minimum Gasteiger partial charge on any atom is -0.361 e. The number of benzene rings is 3. The lowest BCUT2D eigenvalue weighted by Gasteiger charge is -2.18. The van der Waals surface area contributed by atoms with Crippen LogP contribution in [0.3, 0.4) is 0 Å². The molecule has 0 unspecified atom stereocenters. The molecule has 13 heteroatoms. The van der Waals surface area contributed by atoms with Gasteiger partial charge in [0.2, 0.25) is 15.9 Å². The maximum absolute atomic E-state index is 13.4. The molecule has 0 spiro atoms. The number of anilines is 1. The molecule has 2 aromatic heterocycles. The maximum atomic E-state index is 13.4. The highest BCUT2D eigenvalue weighted by atomic mass is 79.9. The number of nitrogens with zero attached hydrogens (tertiary/aromatic N) is 1. The molecule has 7 nitrogen and oxygen atoms in total. The van der Waals surface area contributed by atoms with Gasteiger partial charge in [-0.3, -0.25) is 4.79 Å². The van der Waals surface area contributed by atoms with Gasteiger partial charge in [-0.05, 0) is 54.4 Å². The number of nitrogens with one attached hydrogen (secondary N) is 3. The van der Waals surface area contributed by atoms with Gasteiger partial charge >= 0.3 is 6.18 Å². The molecule has 0 aliphatic heterocycles. The summed E-state index contributed by atoms with van der Waals surface area (Å²) < 4.78 is 68.3. The summed E-state index contributed by atoms with van der Waals surface area (Å²) in [7, 11) is -4.07. The number of fused-ring (bicyclic) bond motifs is 1. The van der Waals surface area contributed by atoms with Crippen LogP contribution >= 0.6 is 27.3 Å². The molecule has 0 fully saturated rings. The number of aromatic amines is 1. The molecule has 206 valence electrons. The second-order valence-corrected chi connectivity index (χ2v) is 12.3. The molecule has 0 radical (unpaired) electrons. The Morgan fingerprint density at radius 2 is 1.73 bits per heavy atom. The molecule has 2 heterocycles. The third-order valence-electron chi connectivity index (χ3n) is 6.08. The van der Waals surface area contributed by atoms with Gasteiger partial charge in [0.1, 0.15) is 6.04 Å². The van der Waals surface area contributed by atoms with Crippen LogP contribution in [0.15, 0.2) is 93.7 Å². The Bertz CT molecular complexity index is 1770. The Morgan fingerprint density at radius 1 is 1.02 bits per heavy atom. The number of alkyl halides is 3. The zero-order chi connectivity index (χ0) is 28.5. The molecule has 1 atom stereocenters. The molecule has 1 amide bonds. The first-order valence-corrected chi connectivity index (χ1v) is 14.9. The van der Waals surface area contributed by atoms with Gasteiger partial charge in [-0.2, -0.15) is 17.9 Å². The zero-order valence-corrected chi connectivity index (χ0v) is 23.6. The highest BCUT2D eigenvalue weighted by molar-refractivity contribution is 9.10. The predicted molar refractivity (Wildman–Crippen MR) is 151 cm³/mol. The average Bonchev–Trinajstić information content (AvgIpc) is 3.55. The number of carbonyl (C=O) groups excluding carboxylic acids is 1. The Balaban J connectivity index is 1.39. The summed E-state index contributed by atoms with van der Waals surface area (Å²) in [6, 6.07) is 16.8. The Labute approximate surface area is 239 Å². The highest BCUT2D eigenvalue weighted by Gasteiger charge is 2.30. The first-order chi connectivity index (χ1) is 19.0. The molecule has 0 bridgehead atoms. The standard InChI is InChI=1S/C27H20BrF3N4O3S2/c28-19-9-11-20(12-10-19)40(37,38)35-23(13-17-14-32-22-4-2-1-3-21(17)22)25(36)34-26-33-24(15-39-26)16-5-7-18(8-6-16)27(29,30)31/h1-12,14-15,23,32,35H,13H2,(H,33,34,36)/t23-/m0/s1. The van der Waals surface area contributed by atoms with Gasteiger partial charge in [0.15, 0.2) is 5.13 Å². The molecule has 0 saturated heterocycles. The number of sulfonamides is 1. The van der Waals surface area contributed by atoms with E-state index in [1.807, 2.05) is 24.3 Å². The number of amides is 1. The van der Waals surface area contributed by atoms with Crippen molar-refractivity contribution in [1.29, 1.82) is 0 Å². The quantitative estimate of drug-likeness (QED) is 0.176. The summed E-state index contributed by atoms with van der Waals surface area (Å²) >= 11 is 4.35. The molecular weight excluding hydrogens is 629 g/mol. The number of rotatable bonds is 8. The number of carbonyl (C=O) groups is 1. The summed E-state index contributed by atoms with van der Waals surface area (Å²) in [5, 5.41) is 5.27. The van der Waals surface area contributed by atoms with Crippen molar-refractivity contribution < 1.29 is 26.4 Å². The van der Waals surface area contributed by atoms with E-state index in [2.05, 4.69) is 35.9 Å². The van der Waals surface area contributed by atoms with Crippen LogP contribution in [0.5, 0.6) is 0 Å². The molecule has 0 saturated carbocycles. The van der Waals surface area contributed by atoms with E-state index in [-0.39, 0.29) is 16.4 Å². The van der Waals surface area contributed by atoms with E-state index in [9.17, 15) is 26.4 Å². The van der Waals surface area contributed by atoms with E-state index in [1.54, 1.807) is 23.7 Å². The van der Waals surface area contributed by atoms with Gasteiger partial charge in [0.05, 0.1) is 16.2 Å². The van der Waals surface area contributed by atoms with Crippen LogP contribution in [0, 0.1) is 0 Å². The van der Waals surface area contributed by atoms with Gasteiger partial charge in [-0.25, -0.2) is 13.4 Å². The van der Waals surface area contributed by atoms with Crippen molar-refractivity contribution in [3.63, 3.8) is 0 Å². The van der Waals surface area contributed by atoms with Gasteiger partial charge < -0.3 is 10.3 Å². The van der Waals surface area contributed by atoms with E-state index >= 15 is 0 Å². The number of thiazole rings is 1. The molecular formula is C27H20BrF3N4O3S2. The number of H-pyrrole nitrogens is 1. The first-order valence-electron chi connectivity index (χ1n) is 11.8. The molecule has 3 N–H and O–H groups in total. The monoisotopic (exact) mass is 648 g/mol. The molecule has 40 heavy (non-hydrogen) atoms. The average molecular weight is 650 g/mol. The summed E-state index contributed by atoms with van der Waals surface area (Å²) in [6.45, 7) is 0. The number of halogens is 4. The fourth-order valence-corrected chi connectivity index (χ4v) is 6.25. The van der Waals surface area contributed by atoms with Crippen LogP contribution in [0.4, 0.5) is 18.3 Å². The molecule has 3 aromatic carbocycles. The van der Waals surface area contributed by atoms with Crippen LogP contribution < -0.4 is 10.0 Å².